The molecule has 1 saturated heterocycles. The van der Waals surface area contributed by atoms with Crippen LogP contribution in [0.2, 0.25) is 0 Å². The predicted octanol–water partition coefficient (Wildman–Crippen LogP) is 0.790. The van der Waals surface area contributed by atoms with Gasteiger partial charge in [-0.25, -0.2) is 9.97 Å². The molecule has 0 N–H and O–H groups in total. The van der Waals surface area contributed by atoms with Crippen LogP contribution < -0.4 is 0 Å². The molecule has 7 nitrogen and oxygen atoms in total. The molecule has 0 amide bonds. The largest absolute Gasteiger partial charge is 0.305 e. The average molecular weight is 327 g/mol. The van der Waals surface area contributed by atoms with Crippen LogP contribution in [-0.2, 0) is 16.8 Å². The molecular formula is C14H25N5O2S. The van der Waals surface area contributed by atoms with E-state index in [1.165, 1.54) is 4.31 Å². The van der Waals surface area contributed by atoms with Crippen LogP contribution in [0.5, 0.6) is 0 Å². The Balaban J connectivity index is 2.43. The maximum atomic E-state index is 12.5. The van der Waals surface area contributed by atoms with Crippen molar-refractivity contribution in [3.63, 3.8) is 0 Å². The zero-order valence-electron chi connectivity index (χ0n) is 13.9. The third kappa shape index (κ3) is 3.45. The van der Waals surface area contributed by atoms with Crippen molar-refractivity contribution in [1.82, 2.24) is 23.5 Å². The predicted molar refractivity (Wildman–Crippen MR) is 85.4 cm³/mol. The monoisotopic (exact) mass is 327 g/mol. The molecule has 1 atom stereocenters. The van der Waals surface area contributed by atoms with E-state index in [-0.39, 0.29) is 6.04 Å². The second-order valence-electron chi connectivity index (χ2n) is 6.12. The van der Waals surface area contributed by atoms with E-state index in [4.69, 9.17) is 0 Å². The molecule has 0 radical (unpaired) electrons. The van der Waals surface area contributed by atoms with Crippen molar-refractivity contribution < 1.29 is 8.42 Å². The standard InChI is InChI=1S/C14H25N5O2S/c1-11-15-9-12(10-17(2)3)14(16-11)13-7-6-8-19(13)22(20,21)18(4)5/h9,13H,6-8,10H2,1-5H3. The molecule has 22 heavy (non-hydrogen) atoms. The smallest absolute Gasteiger partial charge is 0.282 e. The van der Waals surface area contributed by atoms with Crippen LogP contribution in [0.1, 0.15) is 36.0 Å². The van der Waals surface area contributed by atoms with Gasteiger partial charge in [0.15, 0.2) is 0 Å². The topological polar surface area (TPSA) is 69.6 Å². The summed E-state index contributed by atoms with van der Waals surface area (Å²) in [7, 11) is 3.65. The molecule has 1 fully saturated rings. The third-order valence-corrected chi connectivity index (χ3v) is 5.73. The summed E-state index contributed by atoms with van der Waals surface area (Å²) in [5.74, 6) is 0.673. The number of rotatable bonds is 5. The Morgan fingerprint density at radius 3 is 2.59 bits per heavy atom. The maximum absolute atomic E-state index is 12.5. The van der Waals surface area contributed by atoms with Gasteiger partial charge in [-0.3, -0.25) is 0 Å². The van der Waals surface area contributed by atoms with Gasteiger partial charge in [-0.2, -0.15) is 17.0 Å². The van der Waals surface area contributed by atoms with E-state index in [1.54, 1.807) is 18.4 Å². The molecule has 124 valence electrons. The van der Waals surface area contributed by atoms with Crippen molar-refractivity contribution in [2.24, 2.45) is 0 Å². The van der Waals surface area contributed by atoms with Crippen LogP contribution >= 0.6 is 0 Å². The zero-order chi connectivity index (χ0) is 16.5. The summed E-state index contributed by atoms with van der Waals surface area (Å²) in [4.78, 5) is 10.9. The molecular weight excluding hydrogens is 302 g/mol. The van der Waals surface area contributed by atoms with E-state index in [0.717, 1.165) is 24.1 Å². The van der Waals surface area contributed by atoms with Crippen LogP contribution in [0.4, 0.5) is 0 Å². The molecule has 2 rings (SSSR count). The molecule has 0 saturated carbocycles. The van der Waals surface area contributed by atoms with Crippen LogP contribution in [0, 0.1) is 6.92 Å². The highest BCUT2D eigenvalue weighted by Crippen LogP contribution is 2.35. The number of aromatic nitrogens is 2. The number of hydrogen-bond acceptors (Lipinski definition) is 5. The lowest BCUT2D eigenvalue weighted by Crippen LogP contribution is -2.40. The fourth-order valence-electron chi connectivity index (χ4n) is 2.76. The van der Waals surface area contributed by atoms with Crippen molar-refractivity contribution in [3.8, 4) is 0 Å². The molecule has 1 unspecified atom stereocenters. The third-order valence-electron chi connectivity index (χ3n) is 3.78. The first-order chi connectivity index (χ1) is 10.2. The highest BCUT2D eigenvalue weighted by molar-refractivity contribution is 7.86. The second-order valence-corrected chi connectivity index (χ2v) is 8.22. The first-order valence-electron chi connectivity index (χ1n) is 7.40. The van der Waals surface area contributed by atoms with Gasteiger partial charge in [0, 0.05) is 38.9 Å². The highest BCUT2D eigenvalue weighted by Gasteiger charge is 2.38. The summed E-state index contributed by atoms with van der Waals surface area (Å²) < 4.78 is 27.9. The minimum absolute atomic E-state index is 0.205. The van der Waals surface area contributed by atoms with Gasteiger partial charge < -0.3 is 4.90 Å². The molecule has 2 heterocycles. The normalized spacial score (nSPS) is 20.2. The van der Waals surface area contributed by atoms with Gasteiger partial charge in [0.2, 0.25) is 0 Å². The Morgan fingerprint density at radius 2 is 2.00 bits per heavy atom. The summed E-state index contributed by atoms with van der Waals surface area (Å²) in [6.07, 6.45) is 3.46. The Morgan fingerprint density at radius 1 is 1.32 bits per heavy atom. The van der Waals surface area contributed by atoms with Crippen LogP contribution in [0.15, 0.2) is 6.20 Å². The number of hydrogen-bond donors (Lipinski definition) is 0. The molecule has 0 bridgehead atoms. The Bertz CT molecular complexity index is 630. The zero-order valence-corrected chi connectivity index (χ0v) is 14.8. The van der Waals surface area contributed by atoms with Crippen LogP contribution in [0.25, 0.3) is 0 Å². The molecule has 1 aliphatic rings. The molecule has 1 aliphatic heterocycles. The maximum Gasteiger partial charge on any atom is 0.282 e. The summed E-state index contributed by atoms with van der Waals surface area (Å²) in [6, 6.07) is -0.205. The molecule has 1 aromatic heterocycles. The van der Waals surface area contributed by atoms with E-state index < -0.39 is 10.2 Å². The van der Waals surface area contributed by atoms with Crippen molar-refractivity contribution in [3.05, 3.63) is 23.3 Å². The van der Waals surface area contributed by atoms with Gasteiger partial charge in [0.1, 0.15) is 5.82 Å². The van der Waals surface area contributed by atoms with Gasteiger partial charge in [-0.05, 0) is 33.9 Å². The van der Waals surface area contributed by atoms with E-state index in [1.807, 2.05) is 32.1 Å². The quantitative estimate of drug-likeness (QED) is 0.800. The summed E-state index contributed by atoms with van der Waals surface area (Å²) in [5.41, 5.74) is 1.82. The lowest BCUT2D eigenvalue weighted by atomic mass is 10.1. The SMILES string of the molecule is Cc1ncc(CN(C)C)c(C2CCCN2S(=O)(=O)N(C)C)n1. The van der Waals surface area contributed by atoms with Gasteiger partial charge in [0.25, 0.3) is 10.2 Å². The van der Waals surface area contributed by atoms with Crippen molar-refractivity contribution in [1.29, 1.82) is 0 Å². The Labute approximate surface area is 133 Å². The molecule has 0 spiro atoms. The molecule has 8 heteroatoms. The lowest BCUT2D eigenvalue weighted by molar-refractivity contribution is 0.348. The van der Waals surface area contributed by atoms with E-state index in [0.29, 0.717) is 18.9 Å². The first-order valence-corrected chi connectivity index (χ1v) is 8.79. The lowest BCUT2D eigenvalue weighted by Gasteiger charge is -2.28. The second kappa shape index (κ2) is 6.57. The fraction of sp³-hybridized carbons (Fsp3) is 0.714. The summed E-state index contributed by atoms with van der Waals surface area (Å²) >= 11 is 0. The Hall–Kier alpha value is -1.09. The fourth-order valence-corrected chi connectivity index (χ4v) is 4.07. The minimum atomic E-state index is -3.44. The molecule has 0 aliphatic carbocycles. The molecule has 1 aromatic rings. The number of aryl methyl sites for hydroxylation is 1. The average Bonchev–Trinajstić information content (AvgIpc) is 2.89. The van der Waals surface area contributed by atoms with Crippen molar-refractivity contribution in [2.75, 3.05) is 34.7 Å². The highest BCUT2D eigenvalue weighted by atomic mass is 32.2. The summed E-state index contributed by atoms with van der Waals surface area (Å²) in [5, 5.41) is 0. The summed E-state index contributed by atoms with van der Waals surface area (Å²) in [6.45, 7) is 3.07. The van der Waals surface area contributed by atoms with E-state index >= 15 is 0 Å². The van der Waals surface area contributed by atoms with E-state index in [2.05, 4.69) is 9.97 Å². The van der Waals surface area contributed by atoms with Gasteiger partial charge in [0.05, 0.1) is 11.7 Å². The van der Waals surface area contributed by atoms with E-state index in [9.17, 15) is 8.42 Å². The number of nitrogens with zero attached hydrogens (tertiary/aromatic N) is 5. The van der Waals surface area contributed by atoms with Crippen molar-refractivity contribution >= 4 is 10.2 Å². The molecule has 0 aromatic carbocycles. The van der Waals surface area contributed by atoms with Gasteiger partial charge in [-0.1, -0.05) is 0 Å². The van der Waals surface area contributed by atoms with Crippen LogP contribution in [-0.4, -0.2) is 66.6 Å². The Kier molecular flexibility index (Phi) is 5.16. The minimum Gasteiger partial charge on any atom is -0.305 e. The van der Waals surface area contributed by atoms with Crippen LogP contribution in [0.3, 0.4) is 0 Å². The van der Waals surface area contributed by atoms with Gasteiger partial charge in [-0.15, -0.1) is 0 Å². The van der Waals surface area contributed by atoms with Gasteiger partial charge >= 0.3 is 0 Å². The van der Waals surface area contributed by atoms with Crippen molar-refractivity contribution in [2.45, 2.75) is 32.4 Å². The first kappa shape index (κ1) is 17.3.